The van der Waals surface area contributed by atoms with Crippen LogP contribution in [0, 0.1) is 34.5 Å². The maximum absolute atomic E-state index is 13.4. The number of ether oxygens (including phenoxy) is 4. The van der Waals surface area contributed by atoms with Crippen LogP contribution in [0.3, 0.4) is 0 Å². The molecule has 12 atom stereocenters. The molecule has 2 aliphatic heterocycles. The zero-order chi connectivity index (χ0) is 28.1. The lowest BCUT2D eigenvalue weighted by atomic mass is 9.37. The number of esters is 3. The summed E-state index contributed by atoms with van der Waals surface area (Å²) in [7, 11) is 0. The summed E-state index contributed by atoms with van der Waals surface area (Å²) >= 11 is 0. The third kappa shape index (κ3) is 3.10. The molecule has 0 aromatic rings. The Balaban J connectivity index is 1.81. The maximum Gasteiger partial charge on any atom is 0.348 e. The fourth-order valence-electron chi connectivity index (χ4n) is 8.49. The van der Waals surface area contributed by atoms with Crippen LogP contribution >= 0.6 is 0 Å². The number of rotatable bonds is 3. The van der Waals surface area contributed by atoms with E-state index in [0.29, 0.717) is 11.1 Å². The predicted octanol–water partition coefficient (Wildman–Crippen LogP) is 0.196. The Labute approximate surface area is 219 Å². The molecule has 3 N–H and O–H groups in total. The third-order valence-electron chi connectivity index (χ3n) is 9.87. The van der Waals surface area contributed by atoms with E-state index >= 15 is 0 Å². The lowest BCUT2D eigenvalue weighted by Gasteiger charge is -2.69. The first-order valence-corrected chi connectivity index (χ1v) is 12.8. The van der Waals surface area contributed by atoms with Crippen molar-refractivity contribution in [3.63, 3.8) is 0 Å². The minimum Gasteiger partial charge on any atom is -0.455 e. The molecule has 2 saturated heterocycles. The zero-order valence-electron chi connectivity index (χ0n) is 22.2. The Bertz CT molecular complexity index is 1170. The van der Waals surface area contributed by atoms with Crippen LogP contribution in [0.1, 0.15) is 41.5 Å². The maximum atomic E-state index is 13.4. The van der Waals surface area contributed by atoms with Crippen molar-refractivity contribution in [3.05, 3.63) is 23.3 Å². The second-order valence-corrected chi connectivity index (χ2v) is 11.7. The first-order chi connectivity index (χ1) is 17.7. The fraction of sp³-hybridized carbons (Fsp3) is 0.704. The monoisotopic (exact) mass is 534 g/mol. The van der Waals surface area contributed by atoms with Gasteiger partial charge in [-0.15, -0.1) is 0 Å². The molecule has 5 aliphatic rings. The number of carbonyl (C=O) groups excluding carboxylic acids is 4. The highest BCUT2D eigenvalue weighted by atomic mass is 16.7. The van der Waals surface area contributed by atoms with E-state index in [-0.39, 0.29) is 6.61 Å². The Morgan fingerprint density at radius 2 is 1.84 bits per heavy atom. The quantitative estimate of drug-likeness (QED) is 0.257. The van der Waals surface area contributed by atoms with Gasteiger partial charge in [-0.05, 0) is 32.8 Å². The summed E-state index contributed by atoms with van der Waals surface area (Å²) in [5, 5.41) is 34.8. The third-order valence-corrected chi connectivity index (χ3v) is 9.87. The Morgan fingerprint density at radius 1 is 1.18 bits per heavy atom. The van der Waals surface area contributed by atoms with Gasteiger partial charge in [0.15, 0.2) is 11.6 Å². The van der Waals surface area contributed by atoms with E-state index in [1.807, 2.05) is 0 Å². The Hall–Kier alpha value is -2.60. The molecule has 4 fully saturated rings. The summed E-state index contributed by atoms with van der Waals surface area (Å²) in [4.78, 5) is 51.6. The van der Waals surface area contributed by atoms with Gasteiger partial charge in [-0.25, -0.2) is 9.59 Å². The van der Waals surface area contributed by atoms with Crippen LogP contribution in [0.15, 0.2) is 23.3 Å². The number of fused-ring (bicyclic) bond motifs is 1. The van der Waals surface area contributed by atoms with Gasteiger partial charge in [-0.2, -0.15) is 0 Å². The van der Waals surface area contributed by atoms with E-state index in [9.17, 15) is 34.5 Å². The molecule has 208 valence electrons. The summed E-state index contributed by atoms with van der Waals surface area (Å²) in [6, 6.07) is 0. The van der Waals surface area contributed by atoms with E-state index in [1.54, 1.807) is 40.7 Å². The summed E-state index contributed by atoms with van der Waals surface area (Å²) in [6.45, 7) is 8.95. The van der Waals surface area contributed by atoms with Crippen molar-refractivity contribution in [2.75, 3.05) is 6.61 Å². The van der Waals surface area contributed by atoms with Gasteiger partial charge in [0.25, 0.3) is 0 Å². The van der Waals surface area contributed by atoms with Crippen molar-refractivity contribution in [3.8, 4) is 0 Å². The molecule has 3 aliphatic carbocycles. The normalized spacial score (nSPS) is 49.3. The molecule has 0 radical (unpaired) electrons. The Morgan fingerprint density at radius 3 is 2.45 bits per heavy atom. The number of hydrogen-bond donors (Lipinski definition) is 3. The highest BCUT2D eigenvalue weighted by Gasteiger charge is 2.85. The summed E-state index contributed by atoms with van der Waals surface area (Å²) in [5.41, 5.74) is -2.17. The van der Waals surface area contributed by atoms with Crippen LogP contribution < -0.4 is 0 Å². The molecule has 38 heavy (non-hydrogen) atoms. The molecule has 5 rings (SSSR count). The highest BCUT2D eigenvalue weighted by Crippen LogP contribution is 2.74. The molecular weight excluding hydrogens is 500 g/mol. The molecule has 11 nitrogen and oxygen atoms in total. The van der Waals surface area contributed by atoms with Crippen LogP contribution in [0.4, 0.5) is 0 Å². The van der Waals surface area contributed by atoms with Crippen LogP contribution in [0.5, 0.6) is 0 Å². The Kier molecular flexibility index (Phi) is 6.00. The van der Waals surface area contributed by atoms with Crippen molar-refractivity contribution >= 4 is 23.7 Å². The first kappa shape index (κ1) is 27.0. The number of aliphatic hydroxyl groups excluding tert-OH is 2. The topological polar surface area (TPSA) is 166 Å². The molecule has 0 aromatic carbocycles. The second kappa shape index (κ2) is 8.45. The molecule has 11 heteroatoms. The number of aliphatic hydroxyl groups is 3. The van der Waals surface area contributed by atoms with Gasteiger partial charge in [0.1, 0.15) is 24.4 Å². The average Bonchev–Trinajstić information content (AvgIpc) is 3.13. The lowest BCUT2D eigenvalue weighted by Crippen LogP contribution is -2.81. The average molecular weight is 535 g/mol. The van der Waals surface area contributed by atoms with Gasteiger partial charge >= 0.3 is 17.9 Å². The zero-order valence-corrected chi connectivity index (χ0v) is 22.2. The van der Waals surface area contributed by atoms with Crippen molar-refractivity contribution in [2.24, 2.45) is 34.5 Å². The van der Waals surface area contributed by atoms with E-state index in [1.165, 1.54) is 6.08 Å². The van der Waals surface area contributed by atoms with Gasteiger partial charge in [0.05, 0.1) is 12.0 Å². The standard InChI is InChI=1S/C27H34O11/c1-7-10(2)22(32)37-17-15-11(3)8-14(29)20(31)25(15,6)24-26-9-35-27(24,34)19(30)12(4)16(26)18(36-13(5)28)23(33)38-21(17)26/h7-8,12,15-21,24,30-31,34H,9H2,1-6H3/b10-7+/t12-,15-,16-,17-,18-,19-,20-,21-,24-,25-,26-,27+/m1/s1. The van der Waals surface area contributed by atoms with Crippen LogP contribution in [0.2, 0.25) is 0 Å². The largest absolute Gasteiger partial charge is 0.455 e. The summed E-state index contributed by atoms with van der Waals surface area (Å²) in [5.74, 6) is -9.01. The highest BCUT2D eigenvalue weighted by molar-refractivity contribution is 5.96. The van der Waals surface area contributed by atoms with Crippen LogP contribution in [0.25, 0.3) is 0 Å². The van der Waals surface area contributed by atoms with Gasteiger partial charge in [-0.3, -0.25) is 9.59 Å². The number of hydrogen-bond acceptors (Lipinski definition) is 11. The van der Waals surface area contributed by atoms with E-state index in [4.69, 9.17) is 18.9 Å². The number of ketones is 1. The second-order valence-electron chi connectivity index (χ2n) is 11.7. The number of allylic oxidation sites excluding steroid dienone is 1. The van der Waals surface area contributed by atoms with Crippen molar-refractivity contribution < 1.29 is 53.4 Å². The molecule has 0 amide bonds. The van der Waals surface area contributed by atoms with Gasteiger partial charge in [0, 0.05) is 35.7 Å². The van der Waals surface area contributed by atoms with Crippen LogP contribution in [-0.4, -0.2) is 81.9 Å². The van der Waals surface area contributed by atoms with Crippen molar-refractivity contribution in [1.29, 1.82) is 0 Å². The van der Waals surface area contributed by atoms with E-state index < -0.39 is 94.5 Å². The molecule has 0 aromatic heterocycles. The summed E-state index contributed by atoms with van der Waals surface area (Å²) < 4.78 is 23.3. The molecule has 2 heterocycles. The first-order valence-electron chi connectivity index (χ1n) is 12.8. The minimum absolute atomic E-state index is 0.265. The smallest absolute Gasteiger partial charge is 0.348 e. The van der Waals surface area contributed by atoms with Gasteiger partial charge in [-0.1, -0.05) is 25.5 Å². The fourth-order valence-corrected chi connectivity index (χ4v) is 8.49. The molecule has 2 saturated carbocycles. The summed E-state index contributed by atoms with van der Waals surface area (Å²) in [6.07, 6.45) is -4.24. The molecule has 2 bridgehead atoms. The van der Waals surface area contributed by atoms with E-state index in [0.717, 1.165) is 6.92 Å². The van der Waals surface area contributed by atoms with Crippen molar-refractivity contribution in [1.82, 2.24) is 0 Å². The molecular formula is C27H34O11. The minimum atomic E-state index is -2.24. The van der Waals surface area contributed by atoms with Gasteiger partial charge < -0.3 is 34.3 Å². The van der Waals surface area contributed by atoms with Gasteiger partial charge in [0.2, 0.25) is 6.10 Å². The van der Waals surface area contributed by atoms with Crippen LogP contribution in [-0.2, 0) is 38.1 Å². The lowest BCUT2D eigenvalue weighted by molar-refractivity contribution is -0.352. The number of carbonyl (C=O) groups is 4. The predicted molar refractivity (Wildman–Crippen MR) is 127 cm³/mol. The molecule has 0 unspecified atom stereocenters. The van der Waals surface area contributed by atoms with E-state index in [2.05, 4.69) is 0 Å². The molecule has 1 spiro atoms. The SMILES string of the molecule is C/C=C(\C)C(=O)O[C@@H]1[C@H]2C(C)=CC(=O)[C@@H](O)[C@]2(C)[C@H]2[C@@]3(O)OC[C@]24[C@H]([C@@H](C)[C@H]3O)[C@@H](OC(C)=O)C(=O)O[C@H]14. The van der Waals surface area contributed by atoms with Crippen molar-refractivity contribution in [2.45, 2.75) is 77.8 Å².